The van der Waals surface area contributed by atoms with Crippen molar-refractivity contribution in [3.63, 3.8) is 0 Å². The minimum Gasteiger partial charge on any atom is -0.496 e. The van der Waals surface area contributed by atoms with Gasteiger partial charge in [-0.05, 0) is 43.3 Å². The zero-order valence-electron chi connectivity index (χ0n) is 34.6. The minimum atomic E-state index is -0.895. The van der Waals surface area contributed by atoms with Gasteiger partial charge in [-0.15, -0.1) is 0 Å². The van der Waals surface area contributed by atoms with Crippen LogP contribution in [-0.2, 0) is 14.4 Å². The molecule has 1 aromatic carbocycles. The van der Waals surface area contributed by atoms with Crippen LogP contribution in [0, 0.1) is 28.6 Å². The van der Waals surface area contributed by atoms with Crippen molar-refractivity contribution in [2.75, 3.05) is 46.4 Å². The first-order valence-electron chi connectivity index (χ1n) is 19.2. The van der Waals surface area contributed by atoms with E-state index in [9.17, 15) is 19.6 Å². The molecule has 12 heteroatoms. The molecular weight excluding hydrogens is 703 g/mol. The van der Waals surface area contributed by atoms with Crippen LogP contribution in [0.4, 0.5) is 5.13 Å². The molecule has 0 N–H and O–H groups in total. The highest BCUT2D eigenvalue weighted by atomic mass is 32.1. The molecule has 2 atom stereocenters. The highest BCUT2D eigenvalue weighted by Gasteiger charge is 2.42. The largest absolute Gasteiger partial charge is 0.496 e. The number of nitriles is 1. The minimum absolute atomic E-state index is 0.109. The molecule has 3 amide bonds. The molecular formula is C42H61N5O6S. The third kappa shape index (κ3) is 10.0. The van der Waals surface area contributed by atoms with Crippen LogP contribution in [0.3, 0.4) is 0 Å². The van der Waals surface area contributed by atoms with Gasteiger partial charge < -0.3 is 19.1 Å². The molecule has 2 aromatic rings. The van der Waals surface area contributed by atoms with Gasteiger partial charge in [-0.2, -0.15) is 10.3 Å². The second-order valence-corrected chi connectivity index (χ2v) is 16.0. The molecule has 1 aliphatic heterocycles. The fraction of sp³-hybridized carbons (Fsp3) is 0.595. The molecule has 2 unspecified atom stereocenters. The zero-order chi connectivity index (χ0) is 40.3. The molecule has 2 heterocycles. The van der Waals surface area contributed by atoms with Crippen LogP contribution in [0.15, 0.2) is 28.9 Å². The monoisotopic (exact) mass is 763 g/mol. The lowest BCUT2D eigenvalue weighted by Crippen LogP contribution is -2.56. The van der Waals surface area contributed by atoms with E-state index in [1.807, 2.05) is 6.07 Å². The van der Waals surface area contributed by atoms with Crippen LogP contribution >= 0.6 is 11.3 Å². The number of thiazole rings is 1. The topological polar surface area (TPSA) is 125 Å². The van der Waals surface area contributed by atoms with E-state index in [1.54, 1.807) is 67.2 Å². The van der Waals surface area contributed by atoms with Gasteiger partial charge in [0.2, 0.25) is 5.91 Å². The van der Waals surface area contributed by atoms with Gasteiger partial charge in [0.15, 0.2) is 5.13 Å². The lowest BCUT2D eigenvalue weighted by molar-refractivity contribution is -0.171. The Bertz CT molecular complexity index is 1710. The molecule has 11 nitrogen and oxygen atoms in total. The lowest BCUT2D eigenvalue weighted by Gasteiger charge is -2.36. The number of benzene rings is 1. The predicted octanol–water partition coefficient (Wildman–Crippen LogP) is 9.09. The standard InChI is InChI=1S/C42H61N5O6S/c1-13-17-19-28(15-3)25-46(26-29(16-4)20-18-14-2)41-44-37(36-33(52-11)21-30(51-10)22-34(36)53-12)35(54-41)23-31-27(5)32(24-43)39(49)47(38(31)48)45(9)40(50)42(6,7)8/h21-23,28-29H,13-20,25-26H2,1-12H3/b31-23-. The molecule has 1 aliphatic rings. The van der Waals surface area contributed by atoms with Crippen molar-refractivity contribution in [3.8, 4) is 34.6 Å². The fourth-order valence-electron chi connectivity index (χ4n) is 6.71. The van der Waals surface area contributed by atoms with Crippen LogP contribution < -0.4 is 19.1 Å². The van der Waals surface area contributed by atoms with Gasteiger partial charge in [-0.3, -0.25) is 14.4 Å². The summed E-state index contributed by atoms with van der Waals surface area (Å²) in [7, 11) is 6.08. The summed E-state index contributed by atoms with van der Waals surface area (Å²) in [5, 5.41) is 12.8. The Morgan fingerprint density at radius 1 is 0.944 bits per heavy atom. The van der Waals surface area contributed by atoms with Crippen molar-refractivity contribution < 1.29 is 28.6 Å². The van der Waals surface area contributed by atoms with E-state index in [4.69, 9.17) is 19.2 Å². The van der Waals surface area contributed by atoms with Crippen molar-refractivity contribution >= 4 is 40.3 Å². The number of nitrogens with zero attached hydrogens (tertiary/aromatic N) is 5. The van der Waals surface area contributed by atoms with Crippen LogP contribution in [0.1, 0.15) is 112 Å². The maximum absolute atomic E-state index is 14.4. The third-order valence-corrected chi connectivity index (χ3v) is 11.2. The SMILES string of the molecule is CCCCC(CC)CN(CC(CC)CCCC)c1nc(-c2c(OC)cc(OC)cc2OC)c(/C=C2\C(=O)N(N(C)C(=O)C(C)(C)C)C(=O)C(C#N)=C2C)s1. The first kappa shape index (κ1) is 44.0. The van der Waals surface area contributed by atoms with Crippen molar-refractivity contribution in [1.82, 2.24) is 15.0 Å². The summed E-state index contributed by atoms with van der Waals surface area (Å²) in [6.07, 6.45) is 10.5. The van der Waals surface area contributed by atoms with Crippen LogP contribution in [0.5, 0.6) is 17.2 Å². The highest BCUT2D eigenvalue weighted by molar-refractivity contribution is 7.17. The molecule has 0 radical (unpaired) electrons. The average molecular weight is 764 g/mol. The van der Waals surface area contributed by atoms with Crippen molar-refractivity contribution in [2.45, 2.75) is 107 Å². The lowest BCUT2D eigenvalue weighted by atomic mass is 9.93. The number of amides is 3. The van der Waals surface area contributed by atoms with Crippen molar-refractivity contribution in [2.24, 2.45) is 17.3 Å². The van der Waals surface area contributed by atoms with Crippen molar-refractivity contribution in [1.29, 1.82) is 5.26 Å². The summed E-state index contributed by atoms with van der Waals surface area (Å²) in [5.74, 6) is 0.385. The van der Waals surface area contributed by atoms with Crippen LogP contribution in [-0.4, -0.2) is 74.2 Å². The van der Waals surface area contributed by atoms with Gasteiger partial charge >= 0.3 is 0 Å². The van der Waals surface area contributed by atoms with E-state index < -0.39 is 23.1 Å². The van der Waals surface area contributed by atoms with Crippen LogP contribution in [0.2, 0.25) is 0 Å². The maximum atomic E-state index is 14.4. The number of rotatable bonds is 19. The second kappa shape index (κ2) is 19.8. The summed E-state index contributed by atoms with van der Waals surface area (Å²) in [5.41, 5.74) is 0.318. The van der Waals surface area contributed by atoms with E-state index in [-0.39, 0.29) is 16.7 Å². The molecule has 1 aromatic heterocycles. The van der Waals surface area contributed by atoms with E-state index in [1.165, 1.54) is 18.4 Å². The fourth-order valence-corrected chi connectivity index (χ4v) is 7.74. The summed E-state index contributed by atoms with van der Waals surface area (Å²) in [4.78, 5) is 49.7. The molecule has 0 aliphatic carbocycles. The number of carbonyl (C=O) groups is 3. The first-order valence-corrected chi connectivity index (χ1v) is 20.0. The highest BCUT2D eigenvalue weighted by Crippen LogP contribution is 2.47. The molecule has 3 rings (SSSR count). The summed E-state index contributed by atoms with van der Waals surface area (Å²) in [6, 6.07) is 5.52. The Kier molecular flexibility index (Phi) is 16.2. The predicted molar refractivity (Wildman–Crippen MR) is 216 cm³/mol. The Morgan fingerprint density at radius 2 is 1.48 bits per heavy atom. The Morgan fingerprint density at radius 3 is 1.91 bits per heavy atom. The average Bonchev–Trinajstić information content (AvgIpc) is 3.57. The van der Waals surface area contributed by atoms with E-state index in [0.717, 1.165) is 79.6 Å². The first-order chi connectivity index (χ1) is 25.6. The van der Waals surface area contributed by atoms with Crippen LogP contribution in [0.25, 0.3) is 17.3 Å². The van der Waals surface area contributed by atoms with Gasteiger partial charge in [0.25, 0.3) is 11.8 Å². The zero-order valence-corrected chi connectivity index (χ0v) is 35.4. The van der Waals surface area contributed by atoms with Gasteiger partial charge in [0.1, 0.15) is 28.9 Å². The third-order valence-electron chi connectivity index (χ3n) is 10.1. The quantitative estimate of drug-likeness (QED) is 0.102. The number of unbranched alkanes of at least 4 members (excludes halogenated alkanes) is 2. The van der Waals surface area contributed by atoms with E-state index >= 15 is 0 Å². The summed E-state index contributed by atoms with van der Waals surface area (Å²) >= 11 is 1.45. The Labute approximate surface area is 326 Å². The molecule has 54 heavy (non-hydrogen) atoms. The normalized spacial score (nSPS) is 15.3. The molecule has 0 spiro atoms. The number of carbonyl (C=O) groups excluding carboxylic acids is 3. The van der Waals surface area contributed by atoms with E-state index in [2.05, 4.69) is 32.6 Å². The van der Waals surface area contributed by atoms with Crippen molar-refractivity contribution in [3.05, 3.63) is 33.7 Å². The molecule has 0 bridgehead atoms. The Balaban J connectivity index is 2.42. The summed E-state index contributed by atoms with van der Waals surface area (Å²) in [6.45, 7) is 17.3. The smallest absolute Gasteiger partial charge is 0.290 e. The maximum Gasteiger partial charge on any atom is 0.290 e. The Hall–Kier alpha value is -4.37. The number of hydrazine groups is 1. The van der Waals surface area contributed by atoms with Gasteiger partial charge in [-0.25, -0.2) is 9.99 Å². The van der Waals surface area contributed by atoms with Gasteiger partial charge in [-0.1, -0.05) is 98.3 Å². The number of imide groups is 1. The summed E-state index contributed by atoms with van der Waals surface area (Å²) < 4.78 is 17.4. The number of anilines is 1. The number of hydrogen-bond acceptors (Lipinski definition) is 10. The second-order valence-electron chi connectivity index (χ2n) is 15.0. The van der Waals surface area contributed by atoms with Gasteiger partial charge in [0, 0.05) is 43.3 Å². The molecule has 0 fully saturated rings. The molecule has 0 saturated carbocycles. The number of aromatic nitrogens is 1. The van der Waals surface area contributed by atoms with Gasteiger partial charge in [0.05, 0.1) is 37.5 Å². The van der Waals surface area contributed by atoms with E-state index in [0.29, 0.717) is 45.2 Å². The molecule has 296 valence electrons. The number of methoxy groups -OCH3 is 3. The molecule has 0 saturated heterocycles. The number of ether oxygens (including phenoxy) is 3. The number of hydrogen-bond donors (Lipinski definition) is 0.